The molecule has 1 aliphatic carbocycles. The van der Waals surface area contributed by atoms with Crippen LogP contribution in [-0.2, 0) is 19.9 Å². The van der Waals surface area contributed by atoms with Crippen molar-refractivity contribution >= 4 is 34.1 Å². The minimum absolute atomic E-state index is 0.238. The quantitative estimate of drug-likeness (QED) is 0.637. The Balaban J connectivity index is 1.51. The second-order valence-electron chi connectivity index (χ2n) is 7.35. The number of fused-ring (bicyclic) bond motifs is 2. The minimum Gasteiger partial charge on any atom is -0.311 e. The number of amides is 2. The van der Waals surface area contributed by atoms with Crippen molar-refractivity contribution in [2.75, 3.05) is 0 Å². The highest BCUT2D eigenvalue weighted by Crippen LogP contribution is 2.28. The Bertz CT molecular complexity index is 1120. The number of aromatic nitrogens is 1. The van der Waals surface area contributed by atoms with Crippen LogP contribution >= 0.6 is 11.3 Å². The Kier molecular flexibility index (Phi) is 5.49. The Morgan fingerprint density at radius 3 is 2.52 bits per heavy atom. The molecule has 1 aromatic carbocycles. The van der Waals surface area contributed by atoms with Crippen LogP contribution in [0.3, 0.4) is 0 Å². The zero-order valence-corrected chi connectivity index (χ0v) is 17.1. The van der Waals surface area contributed by atoms with E-state index in [1.165, 1.54) is 45.3 Å². The first-order valence-corrected chi connectivity index (χ1v) is 10.7. The molecule has 2 aromatic heterocycles. The van der Waals surface area contributed by atoms with Crippen LogP contribution in [0.15, 0.2) is 41.2 Å². The van der Waals surface area contributed by atoms with Crippen molar-refractivity contribution in [2.24, 2.45) is 7.05 Å². The van der Waals surface area contributed by atoms with Crippen LogP contribution in [0.2, 0.25) is 0 Å². The van der Waals surface area contributed by atoms with Gasteiger partial charge in [-0.1, -0.05) is 31.0 Å². The maximum absolute atomic E-state index is 12.7. The van der Waals surface area contributed by atoms with Crippen LogP contribution in [0.4, 0.5) is 0 Å². The molecule has 7 heteroatoms. The molecule has 29 heavy (non-hydrogen) atoms. The van der Waals surface area contributed by atoms with E-state index in [1.54, 1.807) is 19.2 Å². The number of pyridine rings is 1. The lowest BCUT2D eigenvalue weighted by atomic mass is 10.00. The number of nitrogens with one attached hydrogen (secondary N) is 2. The molecule has 0 spiro atoms. The number of para-hydroxylation sites is 1. The topological polar surface area (TPSA) is 80.2 Å². The second-order valence-corrected chi connectivity index (χ2v) is 8.49. The fourth-order valence-corrected chi connectivity index (χ4v) is 4.95. The zero-order valence-electron chi connectivity index (χ0n) is 16.3. The van der Waals surface area contributed by atoms with Crippen LogP contribution in [0.1, 0.15) is 56.2 Å². The Morgan fingerprint density at radius 2 is 1.69 bits per heavy atom. The van der Waals surface area contributed by atoms with Crippen molar-refractivity contribution in [3.63, 3.8) is 0 Å². The van der Waals surface area contributed by atoms with Crippen LogP contribution in [0.5, 0.6) is 0 Å². The molecular weight excluding hydrogens is 386 g/mol. The molecule has 1 aliphatic rings. The van der Waals surface area contributed by atoms with Gasteiger partial charge in [0, 0.05) is 23.4 Å². The maximum Gasteiger partial charge on any atom is 0.279 e. The zero-order chi connectivity index (χ0) is 20.4. The first-order valence-electron chi connectivity index (χ1n) is 9.85. The number of carbonyl (C=O) groups excluding carboxylic acids is 2. The standard InChI is InChI=1S/C22H23N3O3S/c1-25-17-10-7-6-9-15(17)16(13-20(25)26)21(27)23-24-22(28)19-12-14-8-4-2-3-5-11-18(14)29-19/h6-7,9-10,12-13H,2-5,8,11H2,1H3,(H,23,27)(H,24,28). The number of carbonyl (C=O) groups is 2. The van der Waals surface area contributed by atoms with Gasteiger partial charge in [0.1, 0.15) is 0 Å². The van der Waals surface area contributed by atoms with E-state index in [2.05, 4.69) is 10.9 Å². The number of hydrogen-bond donors (Lipinski definition) is 2. The van der Waals surface area contributed by atoms with Gasteiger partial charge in [-0.3, -0.25) is 25.2 Å². The fraction of sp³-hybridized carbons (Fsp3) is 0.318. The van der Waals surface area contributed by atoms with Gasteiger partial charge >= 0.3 is 0 Å². The number of nitrogens with zero attached hydrogens (tertiary/aromatic N) is 1. The monoisotopic (exact) mass is 409 g/mol. The average Bonchev–Trinajstić information content (AvgIpc) is 3.10. The molecular formula is C22H23N3O3S. The number of benzene rings is 1. The summed E-state index contributed by atoms with van der Waals surface area (Å²) in [4.78, 5) is 39.3. The van der Waals surface area contributed by atoms with Crippen molar-refractivity contribution in [3.8, 4) is 0 Å². The second kappa shape index (κ2) is 8.21. The van der Waals surface area contributed by atoms with Gasteiger partial charge in [0.2, 0.25) is 0 Å². The Labute approximate surface area is 172 Å². The lowest BCUT2D eigenvalue weighted by molar-refractivity contribution is 0.0849. The van der Waals surface area contributed by atoms with Crippen molar-refractivity contribution in [1.29, 1.82) is 0 Å². The first-order chi connectivity index (χ1) is 14.0. The van der Waals surface area contributed by atoms with Crippen molar-refractivity contribution in [1.82, 2.24) is 15.4 Å². The van der Waals surface area contributed by atoms with Gasteiger partial charge in [-0.25, -0.2) is 0 Å². The smallest absolute Gasteiger partial charge is 0.279 e. The van der Waals surface area contributed by atoms with Gasteiger partial charge in [0.05, 0.1) is 16.0 Å². The molecule has 0 saturated heterocycles. The SMILES string of the molecule is Cn1c(=O)cc(C(=O)NNC(=O)c2cc3c(s2)CCCCCC3)c2ccccc21. The van der Waals surface area contributed by atoms with E-state index in [0.29, 0.717) is 15.8 Å². The molecule has 150 valence electrons. The van der Waals surface area contributed by atoms with Crippen molar-refractivity contribution < 1.29 is 9.59 Å². The summed E-state index contributed by atoms with van der Waals surface area (Å²) >= 11 is 1.50. The highest BCUT2D eigenvalue weighted by atomic mass is 32.1. The summed E-state index contributed by atoms with van der Waals surface area (Å²) in [6, 6.07) is 10.4. The fourth-order valence-electron chi connectivity index (χ4n) is 3.80. The maximum atomic E-state index is 12.7. The largest absolute Gasteiger partial charge is 0.311 e. The van der Waals surface area contributed by atoms with Gasteiger partial charge in [-0.05, 0) is 43.4 Å². The Hall–Kier alpha value is -2.93. The molecule has 2 N–H and O–H groups in total. The van der Waals surface area contributed by atoms with Gasteiger partial charge < -0.3 is 4.57 Å². The van der Waals surface area contributed by atoms with Crippen molar-refractivity contribution in [3.05, 3.63) is 67.6 Å². The molecule has 0 radical (unpaired) electrons. The summed E-state index contributed by atoms with van der Waals surface area (Å²) in [7, 11) is 1.66. The molecule has 0 bridgehead atoms. The summed E-state index contributed by atoms with van der Waals surface area (Å²) < 4.78 is 1.49. The summed E-state index contributed by atoms with van der Waals surface area (Å²) in [6.45, 7) is 0. The van der Waals surface area contributed by atoms with Crippen LogP contribution in [0, 0.1) is 0 Å². The van der Waals surface area contributed by atoms with E-state index in [-0.39, 0.29) is 17.0 Å². The number of hydrazine groups is 1. The number of hydrogen-bond acceptors (Lipinski definition) is 4. The van der Waals surface area contributed by atoms with Crippen LogP contribution < -0.4 is 16.4 Å². The van der Waals surface area contributed by atoms with E-state index in [9.17, 15) is 14.4 Å². The average molecular weight is 410 g/mol. The molecule has 0 fully saturated rings. The van der Waals surface area contributed by atoms with E-state index in [0.717, 1.165) is 25.7 Å². The van der Waals surface area contributed by atoms with E-state index in [1.807, 2.05) is 18.2 Å². The lowest BCUT2D eigenvalue weighted by Crippen LogP contribution is -2.41. The summed E-state index contributed by atoms with van der Waals surface area (Å²) in [6.07, 6.45) is 6.79. The molecule has 6 nitrogen and oxygen atoms in total. The molecule has 0 unspecified atom stereocenters. The predicted molar refractivity (Wildman–Crippen MR) is 114 cm³/mol. The lowest BCUT2D eigenvalue weighted by Gasteiger charge is -2.11. The van der Waals surface area contributed by atoms with E-state index < -0.39 is 5.91 Å². The van der Waals surface area contributed by atoms with Gasteiger partial charge in [-0.15, -0.1) is 11.3 Å². The highest BCUT2D eigenvalue weighted by molar-refractivity contribution is 7.14. The number of thiophene rings is 1. The van der Waals surface area contributed by atoms with Crippen molar-refractivity contribution in [2.45, 2.75) is 38.5 Å². The Morgan fingerprint density at radius 1 is 0.966 bits per heavy atom. The third kappa shape index (κ3) is 3.96. The number of aryl methyl sites for hydroxylation is 3. The third-order valence-electron chi connectivity index (χ3n) is 5.41. The van der Waals surface area contributed by atoms with Gasteiger partial charge in [0.15, 0.2) is 0 Å². The van der Waals surface area contributed by atoms with Crippen LogP contribution in [0.25, 0.3) is 10.9 Å². The molecule has 2 heterocycles. The molecule has 0 saturated carbocycles. The first kappa shape index (κ1) is 19.4. The van der Waals surface area contributed by atoms with E-state index >= 15 is 0 Å². The molecule has 0 aliphatic heterocycles. The summed E-state index contributed by atoms with van der Waals surface area (Å²) in [5, 5.41) is 0.653. The molecule has 3 aromatic rings. The summed E-state index contributed by atoms with van der Waals surface area (Å²) in [5.74, 6) is -0.842. The highest BCUT2D eigenvalue weighted by Gasteiger charge is 2.18. The van der Waals surface area contributed by atoms with E-state index in [4.69, 9.17) is 0 Å². The number of rotatable bonds is 2. The predicted octanol–water partition coefficient (Wildman–Crippen LogP) is 3.33. The third-order valence-corrected chi connectivity index (χ3v) is 6.64. The normalized spacial score (nSPS) is 14.0. The van der Waals surface area contributed by atoms with Crippen LogP contribution in [-0.4, -0.2) is 16.4 Å². The molecule has 2 amide bonds. The molecule has 0 atom stereocenters. The molecule has 4 rings (SSSR count). The summed E-state index contributed by atoms with van der Waals surface area (Å²) in [5.41, 5.74) is 6.83. The van der Waals surface area contributed by atoms with Gasteiger partial charge in [-0.2, -0.15) is 0 Å². The van der Waals surface area contributed by atoms with Gasteiger partial charge in [0.25, 0.3) is 17.4 Å². The minimum atomic E-state index is -0.512.